The maximum absolute atomic E-state index is 12.0. The average molecular weight is 330 g/mol. The fraction of sp³-hybridized carbons (Fsp3) is 1.00. The van der Waals surface area contributed by atoms with E-state index in [9.17, 15) is 21.6 Å². The second-order valence-corrected chi connectivity index (χ2v) is 7.53. The summed E-state index contributed by atoms with van der Waals surface area (Å²) in [4.78, 5) is 0. The van der Waals surface area contributed by atoms with Gasteiger partial charge in [0.25, 0.3) is 0 Å². The van der Waals surface area contributed by atoms with Crippen molar-refractivity contribution < 1.29 is 21.6 Å². The molecule has 1 fully saturated rings. The first kappa shape index (κ1) is 18.7. The van der Waals surface area contributed by atoms with Gasteiger partial charge in [0.15, 0.2) is 0 Å². The molecule has 0 radical (unpaired) electrons. The van der Waals surface area contributed by atoms with Gasteiger partial charge >= 0.3 is 6.18 Å². The van der Waals surface area contributed by atoms with Crippen molar-refractivity contribution in [3.8, 4) is 0 Å². The summed E-state index contributed by atoms with van der Waals surface area (Å²) in [5.74, 6) is -0.458. The number of nitrogens with one attached hydrogen (secondary N) is 2. The van der Waals surface area contributed by atoms with Crippen molar-refractivity contribution in [3.63, 3.8) is 0 Å². The summed E-state index contributed by atoms with van der Waals surface area (Å²) in [5.41, 5.74) is 0. The summed E-state index contributed by atoms with van der Waals surface area (Å²) in [7, 11) is -3.61. The standard InChI is InChI=1S/C13H25F3N2O2S/c1-2-9-17-11-4-6-12(7-5-11)18-21(19,20)10-3-8-13(14,15)16/h11-12,17-18H,2-10H2,1H3. The number of halogens is 3. The van der Waals surface area contributed by atoms with Crippen LogP contribution in [0.25, 0.3) is 0 Å². The predicted octanol–water partition coefficient (Wildman–Crippen LogP) is 2.56. The normalized spacial score (nSPS) is 24.2. The van der Waals surface area contributed by atoms with Gasteiger partial charge in [-0.1, -0.05) is 6.92 Å². The molecule has 126 valence electrons. The van der Waals surface area contributed by atoms with Gasteiger partial charge in [-0.15, -0.1) is 0 Å². The topological polar surface area (TPSA) is 58.2 Å². The molecule has 0 aromatic heterocycles. The molecule has 0 aromatic carbocycles. The molecule has 0 aliphatic heterocycles. The molecule has 0 unspecified atom stereocenters. The molecule has 21 heavy (non-hydrogen) atoms. The zero-order chi connectivity index (χ0) is 15.9. The third-order valence-electron chi connectivity index (χ3n) is 3.63. The Morgan fingerprint density at radius 3 is 2.19 bits per heavy atom. The SMILES string of the molecule is CCCNC1CCC(NS(=O)(=O)CCCC(F)(F)F)CC1. The molecule has 0 spiro atoms. The van der Waals surface area contributed by atoms with Crippen molar-refractivity contribution in [2.75, 3.05) is 12.3 Å². The van der Waals surface area contributed by atoms with Crippen LogP contribution in [0.3, 0.4) is 0 Å². The van der Waals surface area contributed by atoms with Crippen LogP contribution in [0.2, 0.25) is 0 Å². The fourth-order valence-electron chi connectivity index (χ4n) is 2.54. The van der Waals surface area contributed by atoms with Crippen molar-refractivity contribution in [1.29, 1.82) is 0 Å². The number of hydrogen-bond acceptors (Lipinski definition) is 3. The lowest BCUT2D eigenvalue weighted by Gasteiger charge is -2.29. The molecule has 0 amide bonds. The number of sulfonamides is 1. The van der Waals surface area contributed by atoms with E-state index in [1.807, 2.05) is 0 Å². The smallest absolute Gasteiger partial charge is 0.314 e. The highest BCUT2D eigenvalue weighted by Gasteiger charge is 2.28. The second kappa shape index (κ2) is 8.33. The van der Waals surface area contributed by atoms with E-state index in [0.717, 1.165) is 38.6 Å². The van der Waals surface area contributed by atoms with E-state index < -0.39 is 28.4 Å². The summed E-state index contributed by atoms with van der Waals surface area (Å²) in [5, 5.41) is 3.40. The number of rotatable bonds is 8. The lowest BCUT2D eigenvalue weighted by molar-refractivity contribution is -0.134. The summed E-state index contributed by atoms with van der Waals surface area (Å²) < 4.78 is 62.1. The van der Waals surface area contributed by atoms with Gasteiger partial charge in [0, 0.05) is 18.5 Å². The van der Waals surface area contributed by atoms with Crippen molar-refractivity contribution in [2.45, 2.75) is 70.1 Å². The fourth-order valence-corrected chi connectivity index (χ4v) is 3.93. The van der Waals surface area contributed by atoms with E-state index in [2.05, 4.69) is 17.0 Å². The molecule has 1 rings (SSSR count). The molecule has 0 heterocycles. The largest absolute Gasteiger partial charge is 0.389 e. The lowest BCUT2D eigenvalue weighted by Crippen LogP contribution is -2.43. The van der Waals surface area contributed by atoms with Gasteiger partial charge in [-0.05, 0) is 45.1 Å². The van der Waals surface area contributed by atoms with Crippen LogP contribution in [-0.2, 0) is 10.0 Å². The van der Waals surface area contributed by atoms with Crippen molar-refractivity contribution in [2.24, 2.45) is 0 Å². The van der Waals surface area contributed by atoms with Crippen LogP contribution in [0, 0.1) is 0 Å². The van der Waals surface area contributed by atoms with E-state index in [-0.39, 0.29) is 12.5 Å². The van der Waals surface area contributed by atoms with Crippen LogP contribution in [0.1, 0.15) is 51.9 Å². The highest BCUT2D eigenvalue weighted by Crippen LogP contribution is 2.22. The first-order valence-electron chi connectivity index (χ1n) is 7.52. The first-order valence-corrected chi connectivity index (χ1v) is 9.17. The maximum atomic E-state index is 12.0. The van der Waals surface area contributed by atoms with Gasteiger partial charge in [0.05, 0.1) is 5.75 Å². The second-order valence-electron chi connectivity index (χ2n) is 5.66. The zero-order valence-corrected chi connectivity index (χ0v) is 13.2. The van der Waals surface area contributed by atoms with Gasteiger partial charge in [-0.2, -0.15) is 13.2 Å². The molecule has 2 N–H and O–H groups in total. The number of alkyl halides is 3. The van der Waals surface area contributed by atoms with Crippen LogP contribution in [-0.4, -0.2) is 39.0 Å². The maximum Gasteiger partial charge on any atom is 0.389 e. The quantitative estimate of drug-likeness (QED) is 0.719. The first-order chi connectivity index (χ1) is 9.72. The highest BCUT2D eigenvalue weighted by molar-refractivity contribution is 7.89. The summed E-state index contributed by atoms with van der Waals surface area (Å²) >= 11 is 0. The Hall–Kier alpha value is -0.340. The van der Waals surface area contributed by atoms with Crippen LogP contribution in [0.4, 0.5) is 13.2 Å². The molecule has 0 bridgehead atoms. The molecule has 4 nitrogen and oxygen atoms in total. The Bertz CT molecular complexity index is 391. The van der Waals surface area contributed by atoms with E-state index in [0.29, 0.717) is 6.04 Å². The molecular weight excluding hydrogens is 305 g/mol. The average Bonchev–Trinajstić information content (AvgIpc) is 2.35. The number of hydrogen-bond donors (Lipinski definition) is 2. The lowest BCUT2D eigenvalue weighted by atomic mass is 9.92. The summed E-state index contributed by atoms with van der Waals surface area (Å²) in [6.45, 7) is 3.05. The van der Waals surface area contributed by atoms with Gasteiger partial charge in [-0.25, -0.2) is 13.1 Å². The summed E-state index contributed by atoms with van der Waals surface area (Å²) in [6, 6.07) is 0.288. The Morgan fingerprint density at radius 2 is 1.67 bits per heavy atom. The van der Waals surface area contributed by atoms with E-state index in [1.54, 1.807) is 0 Å². The third kappa shape index (κ3) is 8.63. The van der Waals surface area contributed by atoms with Crippen LogP contribution >= 0.6 is 0 Å². The molecule has 1 saturated carbocycles. The molecule has 0 atom stereocenters. The molecule has 1 aliphatic carbocycles. The zero-order valence-electron chi connectivity index (χ0n) is 12.4. The van der Waals surface area contributed by atoms with Crippen molar-refractivity contribution in [3.05, 3.63) is 0 Å². The Morgan fingerprint density at radius 1 is 1.10 bits per heavy atom. The summed E-state index contributed by atoms with van der Waals surface area (Å²) in [6.07, 6.45) is -1.40. The predicted molar refractivity (Wildman–Crippen MR) is 76.5 cm³/mol. The van der Waals surface area contributed by atoms with E-state index >= 15 is 0 Å². The van der Waals surface area contributed by atoms with Crippen LogP contribution < -0.4 is 10.0 Å². The Balaban J connectivity index is 2.27. The molecule has 0 saturated heterocycles. The molecule has 8 heteroatoms. The van der Waals surface area contributed by atoms with Gasteiger partial charge in [0.1, 0.15) is 0 Å². The minimum absolute atomic E-state index is 0.138. The van der Waals surface area contributed by atoms with Crippen molar-refractivity contribution >= 4 is 10.0 Å². The van der Waals surface area contributed by atoms with Gasteiger partial charge in [0.2, 0.25) is 10.0 Å². The molecule has 0 aromatic rings. The minimum atomic E-state index is -4.29. The van der Waals surface area contributed by atoms with E-state index in [4.69, 9.17) is 0 Å². The Kier molecular flexibility index (Phi) is 7.42. The highest BCUT2D eigenvalue weighted by atomic mass is 32.2. The van der Waals surface area contributed by atoms with Gasteiger partial charge < -0.3 is 5.32 Å². The third-order valence-corrected chi connectivity index (χ3v) is 5.15. The molecular formula is C13H25F3N2O2S. The van der Waals surface area contributed by atoms with Crippen LogP contribution in [0.5, 0.6) is 0 Å². The van der Waals surface area contributed by atoms with Gasteiger partial charge in [-0.3, -0.25) is 0 Å². The monoisotopic (exact) mass is 330 g/mol. The van der Waals surface area contributed by atoms with E-state index in [1.165, 1.54) is 0 Å². The van der Waals surface area contributed by atoms with Crippen LogP contribution in [0.15, 0.2) is 0 Å². The van der Waals surface area contributed by atoms with Crippen molar-refractivity contribution in [1.82, 2.24) is 10.0 Å². The molecule has 1 aliphatic rings. The minimum Gasteiger partial charge on any atom is -0.314 e. The Labute approximate surface area is 124 Å².